The van der Waals surface area contributed by atoms with Crippen molar-refractivity contribution in [3.63, 3.8) is 0 Å². The minimum atomic E-state index is -3.54. The van der Waals surface area contributed by atoms with E-state index in [1.54, 1.807) is 31.4 Å². The highest BCUT2D eigenvalue weighted by Gasteiger charge is 2.34. The Morgan fingerprint density at radius 1 is 1.32 bits per heavy atom. The topological polar surface area (TPSA) is 76.7 Å². The lowest BCUT2D eigenvalue weighted by atomic mass is 9.99. The van der Waals surface area contributed by atoms with Crippen molar-refractivity contribution >= 4 is 10.0 Å². The Kier molecular flexibility index (Phi) is 5.80. The van der Waals surface area contributed by atoms with Crippen LogP contribution in [0.1, 0.15) is 19.8 Å². The van der Waals surface area contributed by atoms with E-state index in [2.05, 4.69) is 10.0 Å². The zero-order chi connectivity index (χ0) is 16.1. The van der Waals surface area contributed by atoms with Crippen LogP contribution in [0.4, 0.5) is 0 Å². The molecule has 7 heteroatoms. The second-order valence-electron chi connectivity index (χ2n) is 5.47. The van der Waals surface area contributed by atoms with Gasteiger partial charge in [-0.15, -0.1) is 0 Å². The number of hydrogen-bond donors (Lipinski definition) is 2. The fourth-order valence-corrected chi connectivity index (χ4v) is 3.80. The molecule has 0 bridgehead atoms. The van der Waals surface area contributed by atoms with Crippen LogP contribution in [-0.2, 0) is 14.8 Å². The van der Waals surface area contributed by atoms with Gasteiger partial charge in [-0.3, -0.25) is 0 Å². The molecule has 1 aliphatic heterocycles. The molecule has 22 heavy (non-hydrogen) atoms. The molecule has 1 aromatic carbocycles. The zero-order valence-corrected chi connectivity index (χ0v) is 13.9. The lowest BCUT2D eigenvalue weighted by molar-refractivity contribution is 0.122. The normalized spacial score (nSPS) is 21.9. The van der Waals surface area contributed by atoms with Crippen LogP contribution in [0.5, 0.6) is 5.75 Å². The summed E-state index contributed by atoms with van der Waals surface area (Å²) in [6, 6.07) is 6.43. The van der Waals surface area contributed by atoms with Gasteiger partial charge in [0, 0.05) is 13.7 Å². The van der Waals surface area contributed by atoms with Gasteiger partial charge in [0.25, 0.3) is 0 Å². The van der Waals surface area contributed by atoms with E-state index in [1.165, 1.54) is 0 Å². The maximum Gasteiger partial charge on any atom is 0.240 e. The Hall–Kier alpha value is -1.15. The molecule has 6 nitrogen and oxygen atoms in total. The van der Waals surface area contributed by atoms with Gasteiger partial charge in [-0.05, 0) is 50.6 Å². The third-order valence-corrected chi connectivity index (χ3v) is 5.22. The summed E-state index contributed by atoms with van der Waals surface area (Å²) in [6.45, 7) is 4.12. The predicted octanol–water partition coefficient (Wildman–Crippen LogP) is 1.13. The second kappa shape index (κ2) is 7.41. The van der Waals surface area contributed by atoms with Crippen LogP contribution in [0.2, 0.25) is 0 Å². The van der Waals surface area contributed by atoms with Crippen molar-refractivity contribution < 1.29 is 17.9 Å². The summed E-state index contributed by atoms with van der Waals surface area (Å²) in [7, 11) is -1.91. The second-order valence-corrected chi connectivity index (χ2v) is 7.24. The molecule has 0 saturated carbocycles. The fourth-order valence-electron chi connectivity index (χ4n) is 2.67. The molecule has 0 amide bonds. The van der Waals surface area contributed by atoms with E-state index in [4.69, 9.17) is 9.47 Å². The van der Waals surface area contributed by atoms with Crippen molar-refractivity contribution in [1.29, 1.82) is 0 Å². The SMILES string of the molecule is CCOc1ccc(S(=O)(=O)NCC2(COC)CCCN2)cc1. The number of rotatable bonds is 8. The monoisotopic (exact) mass is 328 g/mol. The van der Waals surface area contributed by atoms with Gasteiger partial charge in [0.2, 0.25) is 10.0 Å². The van der Waals surface area contributed by atoms with Gasteiger partial charge in [0.15, 0.2) is 0 Å². The van der Waals surface area contributed by atoms with Gasteiger partial charge >= 0.3 is 0 Å². The number of ether oxygens (including phenoxy) is 2. The van der Waals surface area contributed by atoms with E-state index in [0.717, 1.165) is 19.4 Å². The largest absolute Gasteiger partial charge is 0.494 e. The standard InChI is InChI=1S/C15H24N2O4S/c1-3-21-13-5-7-14(8-6-13)22(18,19)17-11-15(12-20-2)9-4-10-16-15/h5-8,16-17H,3-4,9-12H2,1-2H3. The first-order valence-electron chi connectivity index (χ1n) is 7.48. The van der Waals surface area contributed by atoms with Crippen LogP contribution in [0.3, 0.4) is 0 Å². The van der Waals surface area contributed by atoms with E-state index >= 15 is 0 Å². The Bertz CT molecular complexity index is 566. The van der Waals surface area contributed by atoms with Crippen LogP contribution < -0.4 is 14.8 Å². The van der Waals surface area contributed by atoms with Crippen molar-refractivity contribution in [2.24, 2.45) is 0 Å². The highest BCUT2D eigenvalue weighted by Crippen LogP contribution is 2.21. The summed E-state index contributed by atoms with van der Waals surface area (Å²) in [5.74, 6) is 0.662. The molecule has 1 heterocycles. The maximum atomic E-state index is 12.4. The van der Waals surface area contributed by atoms with Crippen LogP contribution in [-0.4, -0.2) is 47.4 Å². The summed E-state index contributed by atoms with van der Waals surface area (Å²) in [6.07, 6.45) is 1.92. The van der Waals surface area contributed by atoms with Gasteiger partial charge in [0.05, 0.1) is 23.6 Å². The first-order valence-corrected chi connectivity index (χ1v) is 8.96. The van der Waals surface area contributed by atoms with E-state index in [0.29, 0.717) is 25.5 Å². The molecule has 1 aromatic rings. The van der Waals surface area contributed by atoms with Crippen molar-refractivity contribution in [3.8, 4) is 5.75 Å². The molecule has 1 fully saturated rings. The van der Waals surface area contributed by atoms with E-state index in [9.17, 15) is 8.42 Å². The fraction of sp³-hybridized carbons (Fsp3) is 0.600. The van der Waals surface area contributed by atoms with Crippen molar-refractivity contribution in [1.82, 2.24) is 10.0 Å². The van der Waals surface area contributed by atoms with Crippen molar-refractivity contribution in [2.75, 3.05) is 33.4 Å². The minimum absolute atomic E-state index is 0.238. The Morgan fingerprint density at radius 2 is 2.05 bits per heavy atom. The molecular formula is C15H24N2O4S. The molecule has 1 unspecified atom stereocenters. The number of benzene rings is 1. The number of methoxy groups -OCH3 is 1. The summed E-state index contributed by atoms with van der Waals surface area (Å²) in [5, 5.41) is 3.35. The summed E-state index contributed by atoms with van der Waals surface area (Å²) >= 11 is 0. The third kappa shape index (κ3) is 4.19. The molecule has 1 aliphatic rings. The number of sulfonamides is 1. The molecule has 2 N–H and O–H groups in total. The lowest BCUT2D eigenvalue weighted by Crippen LogP contribution is -2.52. The minimum Gasteiger partial charge on any atom is -0.494 e. The Labute approximate surface area is 132 Å². The molecule has 1 saturated heterocycles. The Balaban J connectivity index is 2.03. The summed E-state index contributed by atoms with van der Waals surface area (Å²) in [5.41, 5.74) is -0.312. The molecule has 0 aromatic heterocycles. The first kappa shape index (κ1) is 17.2. The van der Waals surface area contributed by atoms with Gasteiger partial charge < -0.3 is 14.8 Å². The van der Waals surface area contributed by atoms with Crippen molar-refractivity contribution in [3.05, 3.63) is 24.3 Å². The van der Waals surface area contributed by atoms with Crippen molar-refractivity contribution in [2.45, 2.75) is 30.2 Å². The van der Waals surface area contributed by atoms with E-state index in [-0.39, 0.29) is 10.4 Å². The molecular weight excluding hydrogens is 304 g/mol. The van der Waals surface area contributed by atoms with Gasteiger partial charge in [-0.1, -0.05) is 0 Å². The first-order chi connectivity index (χ1) is 10.5. The molecule has 0 aliphatic carbocycles. The van der Waals surface area contributed by atoms with Gasteiger partial charge in [-0.2, -0.15) is 0 Å². The molecule has 124 valence electrons. The van der Waals surface area contributed by atoms with Gasteiger partial charge in [0.1, 0.15) is 5.75 Å². The summed E-state index contributed by atoms with van der Waals surface area (Å²) < 4.78 is 38.0. The summed E-state index contributed by atoms with van der Waals surface area (Å²) in [4.78, 5) is 0.238. The quantitative estimate of drug-likeness (QED) is 0.748. The highest BCUT2D eigenvalue weighted by atomic mass is 32.2. The van der Waals surface area contributed by atoms with Gasteiger partial charge in [-0.25, -0.2) is 13.1 Å². The number of hydrogen-bond acceptors (Lipinski definition) is 5. The average molecular weight is 328 g/mol. The predicted molar refractivity (Wildman–Crippen MR) is 84.6 cm³/mol. The highest BCUT2D eigenvalue weighted by molar-refractivity contribution is 7.89. The average Bonchev–Trinajstić information content (AvgIpc) is 2.96. The van der Waals surface area contributed by atoms with Crippen LogP contribution in [0.15, 0.2) is 29.2 Å². The van der Waals surface area contributed by atoms with E-state index in [1.807, 2.05) is 6.92 Å². The lowest BCUT2D eigenvalue weighted by Gasteiger charge is -2.28. The molecule has 1 atom stereocenters. The Morgan fingerprint density at radius 3 is 2.59 bits per heavy atom. The zero-order valence-electron chi connectivity index (χ0n) is 13.1. The number of nitrogens with one attached hydrogen (secondary N) is 2. The third-order valence-electron chi connectivity index (χ3n) is 3.80. The van der Waals surface area contributed by atoms with E-state index < -0.39 is 10.0 Å². The van der Waals surface area contributed by atoms with Crippen LogP contribution in [0, 0.1) is 0 Å². The molecule has 2 rings (SSSR count). The van der Waals surface area contributed by atoms with Crippen LogP contribution in [0.25, 0.3) is 0 Å². The molecule has 0 radical (unpaired) electrons. The van der Waals surface area contributed by atoms with Crippen LogP contribution >= 0.6 is 0 Å². The maximum absolute atomic E-state index is 12.4. The molecule has 0 spiro atoms. The smallest absolute Gasteiger partial charge is 0.240 e.